The molecule has 1 aliphatic carbocycles. The molecule has 1 aromatic heterocycles. The van der Waals surface area contributed by atoms with Crippen LogP contribution in [0.25, 0.3) is 0 Å². The van der Waals surface area contributed by atoms with E-state index in [4.69, 9.17) is 10.5 Å². The van der Waals surface area contributed by atoms with Crippen LogP contribution in [0.4, 0.5) is 20.7 Å². The van der Waals surface area contributed by atoms with Gasteiger partial charge in [0, 0.05) is 25.0 Å². The van der Waals surface area contributed by atoms with Gasteiger partial charge in [-0.25, -0.2) is 9.18 Å². The number of rotatable bonds is 5. The molecule has 2 heterocycles. The lowest BCUT2D eigenvalue weighted by Gasteiger charge is -2.35. The van der Waals surface area contributed by atoms with E-state index in [2.05, 4.69) is 16.5 Å². The summed E-state index contributed by atoms with van der Waals surface area (Å²) in [4.78, 5) is 26.0. The first-order valence-corrected chi connectivity index (χ1v) is 10.7. The van der Waals surface area contributed by atoms with Crippen molar-refractivity contribution in [3.63, 3.8) is 0 Å². The smallest absolute Gasteiger partial charge is 0.410 e. The standard InChI is InChI=1S/C22H25FN6O3/c23-15-5-7-16(8-6-15)26-21-18(20(25)30)13-29(27-21)19-9-10-28(12-14(19)11-24)22(31)32-17-3-1-2-4-17/h5-8,13-14,17,19H,1-4,9-10,12H2,(H2,25,30)(H,26,27)/t14-,19-/m0/s1. The number of hydrogen-bond acceptors (Lipinski definition) is 6. The first kappa shape index (κ1) is 21.6. The number of ether oxygens (including phenoxy) is 1. The zero-order chi connectivity index (χ0) is 22.7. The molecule has 1 aliphatic heterocycles. The fourth-order valence-corrected chi connectivity index (χ4v) is 4.28. The predicted molar refractivity (Wildman–Crippen MR) is 113 cm³/mol. The summed E-state index contributed by atoms with van der Waals surface area (Å²) < 4.78 is 20.3. The van der Waals surface area contributed by atoms with Crippen LogP contribution in [0.2, 0.25) is 0 Å². The zero-order valence-electron chi connectivity index (χ0n) is 17.5. The molecular formula is C22H25FN6O3. The van der Waals surface area contributed by atoms with Gasteiger partial charge in [0.25, 0.3) is 5.91 Å². The van der Waals surface area contributed by atoms with E-state index in [1.165, 1.54) is 30.5 Å². The molecule has 0 spiro atoms. The molecule has 0 radical (unpaired) electrons. The zero-order valence-corrected chi connectivity index (χ0v) is 17.5. The van der Waals surface area contributed by atoms with Crippen molar-refractivity contribution in [2.45, 2.75) is 44.2 Å². The highest BCUT2D eigenvalue weighted by Gasteiger charge is 2.35. The van der Waals surface area contributed by atoms with E-state index in [-0.39, 0.29) is 42.0 Å². The van der Waals surface area contributed by atoms with Crippen LogP contribution < -0.4 is 11.1 Å². The summed E-state index contributed by atoms with van der Waals surface area (Å²) in [5.74, 6) is -1.36. The Labute approximate surface area is 184 Å². The molecule has 168 valence electrons. The molecule has 2 aliphatic rings. The number of aromatic nitrogens is 2. The maximum absolute atomic E-state index is 13.2. The Morgan fingerprint density at radius 2 is 1.94 bits per heavy atom. The van der Waals surface area contributed by atoms with Gasteiger partial charge in [0.05, 0.1) is 18.0 Å². The number of nitrogens with zero attached hydrogens (tertiary/aromatic N) is 4. The van der Waals surface area contributed by atoms with E-state index >= 15 is 0 Å². The van der Waals surface area contributed by atoms with E-state index in [1.807, 2.05) is 0 Å². The number of amides is 2. The quantitative estimate of drug-likeness (QED) is 0.734. The molecule has 2 aromatic rings. The molecule has 4 rings (SSSR count). The molecule has 1 saturated heterocycles. The lowest BCUT2D eigenvalue weighted by atomic mass is 9.94. The number of anilines is 2. The molecule has 32 heavy (non-hydrogen) atoms. The fourth-order valence-electron chi connectivity index (χ4n) is 4.28. The van der Waals surface area contributed by atoms with E-state index in [1.54, 1.807) is 9.58 Å². The number of piperidine rings is 1. The molecule has 10 heteroatoms. The second-order valence-electron chi connectivity index (χ2n) is 8.20. The Kier molecular flexibility index (Phi) is 6.25. The number of nitriles is 1. The van der Waals surface area contributed by atoms with Crippen LogP contribution in [0.15, 0.2) is 30.5 Å². The minimum atomic E-state index is -0.674. The van der Waals surface area contributed by atoms with Gasteiger partial charge in [-0.3, -0.25) is 9.48 Å². The Balaban J connectivity index is 1.49. The van der Waals surface area contributed by atoms with Crippen LogP contribution >= 0.6 is 0 Å². The van der Waals surface area contributed by atoms with Crippen molar-refractivity contribution in [1.82, 2.24) is 14.7 Å². The molecule has 2 atom stereocenters. The van der Waals surface area contributed by atoms with Gasteiger partial charge >= 0.3 is 6.09 Å². The molecule has 9 nitrogen and oxygen atoms in total. The largest absolute Gasteiger partial charge is 0.446 e. The number of nitrogens with two attached hydrogens (primary N) is 1. The molecular weight excluding hydrogens is 415 g/mol. The first-order valence-electron chi connectivity index (χ1n) is 10.7. The summed E-state index contributed by atoms with van der Waals surface area (Å²) in [5.41, 5.74) is 6.22. The fraction of sp³-hybridized carbons (Fsp3) is 0.455. The van der Waals surface area contributed by atoms with Crippen molar-refractivity contribution in [2.24, 2.45) is 11.7 Å². The number of likely N-dealkylation sites (tertiary alicyclic amines) is 1. The van der Waals surface area contributed by atoms with Gasteiger partial charge < -0.3 is 20.7 Å². The lowest BCUT2D eigenvalue weighted by molar-refractivity contribution is 0.0488. The molecule has 3 N–H and O–H groups in total. The van der Waals surface area contributed by atoms with E-state index < -0.39 is 11.8 Å². The Hall–Kier alpha value is -3.61. The van der Waals surface area contributed by atoms with Crippen molar-refractivity contribution >= 4 is 23.5 Å². The van der Waals surface area contributed by atoms with Gasteiger partial charge in [-0.2, -0.15) is 10.4 Å². The summed E-state index contributed by atoms with van der Waals surface area (Å²) in [7, 11) is 0. The minimum absolute atomic E-state index is 0.0370. The van der Waals surface area contributed by atoms with Crippen LogP contribution in [0.3, 0.4) is 0 Å². The second-order valence-corrected chi connectivity index (χ2v) is 8.20. The van der Waals surface area contributed by atoms with Crippen molar-refractivity contribution in [1.29, 1.82) is 5.26 Å². The normalized spacial score (nSPS) is 21.2. The molecule has 0 bridgehead atoms. The highest BCUT2D eigenvalue weighted by molar-refractivity contribution is 5.98. The molecule has 1 aromatic carbocycles. The number of benzene rings is 1. The maximum Gasteiger partial charge on any atom is 0.410 e. The predicted octanol–water partition coefficient (Wildman–Crippen LogP) is 3.33. The van der Waals surface area contributed by atoms with Gasteiger partial charge in [-0.1, -0.05) is 0 Å². The van der Waals surface area contributed by atoms with Gasteiger partial charge in [0.2, 0.25) is 0 Å². The average Bonchev–Trinajstić information content (AvgIpc) is 3.45. The van der Waals surface area contributed by atoms with Crippen molar-refractivity contribution in [3.8, 4) is 6.07 Å². The summed E-state index contributed by atoms with van der Waals surface area (Å²) in [6.45, 7) is 0.639. The number of carbonyl (C=O) groups excluding carboxylic acids is 2. The number of halogens is 1. The molecule has 2 amide bonds. The first-order chi connectivity index (χ1) is 15.4. The van der Waals surface area contributed by atoms with Gasteiger partial charge in [-0.05, 0) is 56.4 Å². The molecule has 2 fully saturated rings. The number of primary amides is 1. The van der Waals surface area contributed by atoms with Crippen LogP contribution in [0, 0.1) is 23.1 Å². The van der Waals surface area contributed by atoms with Gasteiger partial charge in [0.15, 0.2) is 5.82 Å². The minimum Gasteiger partial charge on any atom is -0.446 e. The van der Waals surface area contributed by atoms with Crippen molar-refractivity contribution in [2.75, 3.05) is 18.4 Å². The monoisotopic (exact) mass is 440 g/mol. The third kappa shape index (κ3) is 4.66. The number of carbonyl (C=O) groups is 2. The topological polar surface area (TPSA) is 126 Å². The number of nitrogens with one attached hydrogen (secondary N) is 1. The summed E-state index contributed by atoms with van der Waals surface area (Å²) in [6.07, 6.45) is 5.47. The SMILES string of the molecule is N#C[C@H]1CN(C(=O)OC2CCCC2)CC[C@@H]1n1cc(C(N)=O)c(Nc2ccc(F)cc2)n1. The molecule has 0 unspecified atom stereocenters. The Morgan fingerprint density at radius 1 is 1.22 bits per heavy atom. The Bertz CT molecular complexity index is 1030. The number of hydrogen-bond donors (Lipinski definition) is 2. The second kappa shape index (κ2) is 9.26. The van der Waals surface area contributed by atoms with E-state index in [0.717, 1.165) is 25.7 Å². The van der Waals surface area contributed by atoms with Crippen molar-refractivity contribution in [3.05, 3.63) is 41.8 Å². The van der Waals surface area contributed by atoms with Crippen LogP contribution in [0.5, 0.6) is 0 Å². The van der Waals surface area contributed by atoms with Crippen LogP contribution in [-0.4, -0.2) is 45.9 Å². The van der Waals surface area contributed by atoms with Crippen LogP contribution in [-0.2, 0) is 4.74 Å². The van der Waals surface area contributed by atoms with Gasteiger partial charge in [-0.15, -0.1) is 0 Å². The molecule has 1 saturated carbocycles. The van der Waals surface area contributed by atoms with Gasteiger partial charge in [0.1, 0.15) is 17.5 Å². The maximum atomic E-state index is 13.2. The summed E-state index contributed by atoms with van der Waals surface area (Å²) in [6, 6.07) is 7.53. The average molecular weight is 440 g/mol. The summed E-state index contributed by atoms with van der Waals surface area (Å²) in [5, 5.41) is 17.2. The highest BCUT2D eigenvalue weighted by Crippen LogP contribution is 2.31. The Morgan fingerprint density at radius 3 is 2.59 bits per heavy atom. The van der Waals surface area contributed by atoms with E-state index in [9.17, 15) is 19.2 Å². The third-order valence-corrected chi connectivity index (χ3v) is 6.01. The van der Waals surface area contributed by atoms with Crippen molar-refractivity contribution < 1.29 is 18.7 Å². The van der Waals surface area contributed by atoms with E-state index in [0.29, 0.717) is 18.7 Å². The van der Waals surface area contributed by atoms with Crippen LogP contribution in [0.1, 0.15) is 48.5 Å². The highest BCUT2D eigenvalue weighted by atomic mass is 19.1. The third-order valence-electron chi connectivity index (χ3n) is 6.01. The lowest BCUT2D eigenvalue weighted by Crippen LogP contribution is -2.45. The summed E-state index contributed by atoms with van der Waals surface area (Å²) >= 11 is 0.